The summed E-state index contributed by atoms with van der Waals surface area (Å²) in [5.74, 6) is 0.153. The molecule has 12 heteroatoms. The van der Waals surface area contributed by atoms with Crippen molar-refractivity contribution in [3.63, 3.8) is 0 Å². The van der Waals surface area contributed by atoms with Gasteiger partial charge in [-0.2, -0.15) is 0 Å². The van der Waals surface area contributed by atoms with Crippen molar-refractivity contribution in [2.75, 3.05) is 51.4 Å². The van der Waals surface area contributed by atoms with E-state index in [1.54, 1.807) is 0 Å². The van der Waals surface area contributed by atoms with E-state index in [0.29, 0.717) is 13.2 Å². The monoisotopic (exact) mass is 810 g/mol. The Morgan fingerprint density at radius 3 is 2.02 bits per heavy atom. The number of nitrogens with one attached hydrogen (secondary N) is 1. The van der Waals surface area contributed by atoms with Crippen molar-refractivity contribution in [1.82, 2.24) is 10.2 Å². The topological polar surface area (TPSA) is 86.3 Å². The van der Waals surface area contributed by atoms with Gasteiger partial charge in [0.25, 0.3) is 11.8 Å². The molecule has 238 valence electrons. The van der Waals surface area contributed by atoms with Gasteiger partial charge in [-0.15, -0.1) is 0 Å². The van der Waals surface area contributed by atoms with Gasteiger partial charge in [0.05, 0.1) is 13.2 Å². The number of rotatable bonds is 7. The number of hydrogen-bond acceptors (Lipinski definition) is 6. The zero-order valence-corrected chi connectivity index (χ0v) is 32.2. The summed E-state index contributed by atoms with van der Waals surface area (Å²) >= 11 is 10.1. The minimum atomic E-state index is -0.0816. The van der Waals surface area contributed by atoms with Crippen LogP contribution in [0.15, 0.2) is 45.3 Å². The van der Waals surface area contributed by atoms with Crippen molar-refractivity contribution in [3.8, 4) is 0 Å². The predicted octanol–water partition coefficient (Wildman–Crippen LogP) is 3.77. The van der Waals surface area contributed by atoms with E-state index in [0.717, 1.165) is 108 Å². The molecule has 44 heavy (non-hydrogen) atoms. The molecule has 2 aromatic carbocycles. The van der Waals surface area contributed by atoms with E-state index in [9.17, 15) is 9.59 Å². The van der Waals surface area contributed by atoms with Crippen LogP contribution in [0.5, 0.6) is 0 Å². The first-order valence-electron chi connectivity index (χ1n) is 15.1. The fourth-order valence-corrected chi connectivity index (χ4v) is 6.27. The summed E-state index contributed by atoms with van der Waals surface area (Å²) in [7, 11) is 0. The van der Waals surface area contributed by atoms with Crippen LogP contribution in [-0.2, 0) is 31.8 Å². The molecule has 2 atom stereocenters. The van der Waals surface area contributed by atoms with Crippen LogP contribution >= 0.6 is 47.8 Å². The smallest absolute Gasteiger partial charge is 1.00 e. The number of fused-ring (bicyclic) bond motifs is 2. The largest absolute Gasteiger partial charge is 1.00 e. The summed E-state index contributed by atoms with van der Waals surface area (Å²) in [6.45, 7) is 5.10. The molecular weight excluding hydrogens is 771 g/mol. The van der Waals surface area contributed by atoms with Crippen LogP contribution in [0, 0.1) is 0 Å². The van der Waals surface area contributed by atoms with Crippen LogP contribution in [0.3, 0.4) is 0 Å². The minimum absolute atomic E-state index is 0. The van der Waals surface area contributed by atoms with Gasteiger partial charge in [-0.25, -0.2) is 0 Å². The van der Waals surface area contributed by atoms with E-state index in [1.165, 1.54) is 12.8 Å². The number of benzene rings is 2. The third-order valence-electron chi connectivity index (χ3n) is 7.55. The Morgan fingerprint density at radius 1 is 0.841 bits per heavy atom. The predicted molar refractivity (Wildman–Crippen MR) is 178 cm³/mol. The van der Waals surface area contributed by atoms with Gasteiger partial charge in [0.1, 0.15) is 0 Å². The van der Waals surface area contributed by atoms with Crippen LogP contribution in [0.4, 0.5) is 0 Å². The molecule has 2 saturated heterocycles. The first kappa shape index (κ1) is 38.1. The molecule has 0 saturated carbocycles. The Morgan fingerprint density at radius 2 is 1.43 bits per heavy atom. The Bertz CT molecular complexity index is 1200. The van der Waals surface area contributed by atoms with Crippen molar-refractivity contribution in [3.05, 3.63) is 67.6 Å². The van der Waals surface area contributed by atoms with Gasteiger partial charge >= 0.3 is 29.6 Å². The molecule has 4 aliphatic heterocycles. The maximum Gasteiger partial charge on any atom is 1.00 e. The first-order valence-corrected chi connectivity index (χ1v) is 17.8. The van der Waals surface area contributed by atoms with Gasteiger partial charge in [0.15, 0.2) is 12.6 Å². The number of ether oxygens (including phenoxy) is 4. The van der Waals surface area contributed by atoms with Crippen molar-refractivity contribution in [2.24, 2.45) is 0 Å². The maximum atomic E-state index is 12.4. The van der Waals surface area contributed by atoms with E-state index in [4.69, 9.17) is 18.9 Å². The maximum absolute atomic E-state index is 12.4. The van der Waals surface area contributed by atoms with Gasteiger partial charge < -0.3 is 30.6 Å². The average molecular weight is 813 g/mol. The van der Waals surface area contributed by atoms with Crippen molar-refractivity contribution in [2.45, 2.75) is 63.9 Å². The van der Waals surface area contributed by atoms with Gasteiger partial charge in [-0.05, 0) is 98.9 Å². The van der Waals surface area contributed by atoms with Crippen molar-refractivity contribution < 1.29 is 59.5 Å². The van der Waals surface area contributed by atoms with Gasteiger partial charge in [0, 0.05) is 58.3 Å². The second-order valence-corrected chi connectivity index (χ2v) is 13.3. The fraction of sp³-hybridized carbons (Fsp3) is 0.562. The van der Waals surface area contributed by atoms with E-state index >= 15 is 0 Å². The number of carbonyl (C=O) groups is 2. The molecular formula is C32H42Br3N2NaO6. The summed E-state index contributed by atoms with van der Waals surface area (Å²) in [6.07, 6.45) is 8.57. The number of halogens is 3. The minimum Gasteiger partial charge on any atom is -1.00 e. The molecule has 2 amide bonds. The van der Waals surface area contributed by atoms with E-state index in [2.05, 4.69) is 53.1 Å². The van der Waals surface area contributed by atoms with Gasteiger partial charge in [-0.1, -0.05) is 47.8 Å². The molecule has 8 nitrogen and oxygen atoms in total. The number of nitrogens with zero attached hydrogens (tertiary/aromatic N) is 1. The summed E-state index contributed by atoms with van der Waals surface area (Å²) < 4.78 is 24.0. The third-order valence-corrected chi connectivity index (χ3v) is 8.86. The summed E-state index contributed by atoms with van der Waals surface area (Å²) in [4.78, 5) is 25.6. The van der Waals surface area contributed by atoms with E-state index in [-0.39, 0.29) is 55.4 Å². The third kappa shape index (κ3) is 12.4. The SMILES string of the molecule is BrCCOC1CCCCO1.O=C1NCCc2cc(Br)ccc21.O=C1c2ccc(Br)cc2CCN1CCOC1CCCCO1.[H-].[Na+]. The van der Waals surface area contributed by atoms with E-state index < -0.39 is 0 Å². The molecule has 2 fully saturated rings. The van der Waals surface area contributed by atoms with Crippen LogP contribution in [0.1, 0.15) is 71.8 Å². The summed E-state index contributed by atoms with van der Waals surface area (Å²) in [5, 5.41) is 3.70. The van der Waals surface area contributed by atoms with Crippen LogP contribution in [0.2, 0.25) is 0 Å². The van der Waals surface area contributed by atoms with Crippen LogP contribution in [0.25, 0.3) is 0 Å². The van der Waals surface area contributed by atoms with E-state index in [1.807, 2.05) is 41.3 Å². The van der Waals surface area contributed by atoms with Gasteiger partial charge in [0.2, 0.25) is 0 Å². The second kappa shape index (κ2) is 20.8. The molecule has 0 aromatic heterocycles. The Hall–Kier alpha value is -0.340. The molecule has 1 N–H and O–H groups in total. The average Bonchev–Trinajstić information content (AvgIpc) is 3.03. The first-order chi connectivity index (χ1) is 20.9. The fourth-order valence-electron chi connectivity index (χ4n) is 5.27. The van der Waals surface area contributed by atoms with Crippen molar-refractivity contribution >= 4 is 59.6 Å². The Balaban J connectivity index is 0.000000251. The zero-order valence-electron chi connectivity index (χ0n) is 26.5. The van der Waals surface area contributed by atoms with Crippen LogP contribution < -0.4 is 34.9 Å². The van der Waals surface area contributed by atoms with Gasteiger partial charge in [-0.3, -0.25) is 9.59 Å². The Labute approximate surface area is 309 Å². The molecule has 0 aliphatic carbocycles. The van der Waals surface area contributed by atoms with Crippen LogP contribution in [-0.4, -0.2) is 80.7 Å². The molecule has 0 radical (unpaired) electrons. The number of hydrogen-bond donors (Lipinski definition) is 1. The number of alkyl halides is 1. The standard InChI is InChI=1S/C16H20BrNO3.C9H8BrNO.C7H13BrO2.Na.H/c17-13-4-5-14-12(11-13)6-7-18(16(14)19)8-10-21-15-3-1-2-9-20-15;10-7-1-2-8-6(5-7)3-4-11-9(8)12;8-4-6-10-7-3-1-2-5-9-7;;/h4-5,11,15H,1-3,6-10H2;1-2,5H,3-4H2,(H,11,12);7H,1-6H2;;/q;;;+1;-1. The summed E-state index contributed by atoms with van der Waals surface area (Å²) in [6, 6.07) is 11.6. The molecule has 2 aromatic rings. The Kier molecular flexibility index (Phi) is 18.0. The molecule has 0 bridgehead atoms. The molecule has 0 spiro atoms. The summed E-state index contributed by atoms with van der Waals surface area (Å²) in [5.41, 5.74) is 3.89. The van der Waals surface area contributed by atoms with Crippen molar-refractivity contribution in [1.29, 1.82) is 0 Å². The zero-order chi connectivity index (χ0) is 30.4. The normalized spacial score (nSPS) is 20.8. The number of carbonyl (C=O) groups excluding carboxylic acids is 2. The molecule has 4 aliphatic rings. The molecule has 6 rings (SSSR count). The molecule has 2 unspecified atom stereocenters. The molecule has 4 heterocycles. The second-order valence-electron chi connectivity index (χ2n) is 10.7. The number of amides is 2. The quantitative estimate of drug-likeness (QED) is 0.339.